The lowest BCUT2D eigenvalue weighted by Crippen LogP contribution is -2.39. The van der Waals surface area contributed by atoms with E-state index in [1.807, 2.05) is 31.2 Å². The van der Waals surface area contributed by atoms with E-state index in [9.17, 15) is 4.39 Å². The minimum absolute atomic E-state index is 0.179. The number of nitrogens with one attached hydrogen (secondary N) is 1. The molecule has 0 spiro atoms. The largest absolute Gasteiger partial charge is 0.253 e. The van der Waals surface area contributed by atoms with Crippen LogP contribution in [-0.2, 0) is 6.42 Å². The first kappa shape index (κ1) is 11.1. The normalized spacial score (nSPS) is 13.2. The Hall–Kier alpha value is -0.930. The summed E-state index contributed by atoms with van der Waals surface area (Å²) >= 11 is 0. The highest BCUT2D eigenvalue weighted by atomic mass is 19.1. The predicted octanol–water partition coefficient (Wildman–Crippen LogP) is 1.82. The predicted molar refractivity (Wildman–Crippen MR) is 56.4 cm³/mol. The average Bonchev–Trinajstić information content (AvgIpc) is 2.07. The van der Waals surface area contributed by atoms with Crippen molar-refractivity contribution in [3.8, 4) is 0 Å². The Morgan fingerprint density at radius 2 is 1.86 bits per heavy atom. The molecule has 0 heterocycles. The minimum atomic E-state index is -0.179. The molecule has 78 valence electrons. The molecule has 0 aliphatic carbocycles. The van der Waals surface area contributed by atoms with Gasteiger partial charge in [-0.25, -0.2) is 4.39 Å². The molecule has 1 unspecified atom stereocenters. The van der Waals surface area contributed by atoms with Crippen molar-refractivity contribution in [1.29, 1.82) is 0 Å². The maximum Gasteiger partial charge on any atom is 0.123 e. The number of hydrogen-bond donors (Lipinski definition) is 1. The fraction of sp³-hybridized carbons (Fsp3) is 0.455. The summed E-state index contributed by atoms with van der Waals surface area (Å²) in [6, 6.07) is 7.00. The number of halogens is 1. The van der Waals surface area contributed by atoms with E-state index in [0.29, 0.717) is 6.04 Å². The van der Waals surface area contributed by atoms with Gasteiger partial charge in [0.25, 0.3) is 0 Å². The molecule has 0 fully saturated rings. The number of rotatable bonds is 4. The van der Waals surface area contributed by atoms with Crippen molar-refractivity contribution in [2.45, 2.75) is 19.4 Å². The standard InChI is InChI=1S/C11H17FN2/c1-9(13-14(2)3)8-10-4-6-11(12)7-5-10/h4-7,9,13H,8H2,1-3H3. The van der Waals surface area contributed by atoms with Crippen molar-refractivity contribution in [1.82, 2.24) is 10.4 Å². The van der Waals surface area contributed by atoms with E-state index in [2.05, 4.69) is 12.3 Å². The third-order valence-electron chi connectivity index (χ3n) is 1.93. The Bertz CT molecular complexity index is 269. The van der Waals surface area contributed by atoms with Gasteiger partial charge in [0, 0.05) is 20.1 Å². The molecule has 0 saturated carbocycles. The van der Waals surface area contributed by atoms with Crippen LogP contribution in [0.25, 0.3) is 0 Å². The minimum Gasteiger partial charge on any atom is -0.253 e. The van der Waals surface area contributed by atoms with Crippen molar-refractivity contribution in [3.63, 3.8) is 0 Å². The fourth-order valence-corrected chi connectivity index (χ4v) is 1.46. The number of hydrogen-bond acceptors (Lipinski definition) is 2. The van der Waals surface area contributed by atoms with E-state index in [4.69, 9.17) is 0 Å². The lowest BCUT2D eigenvalue weighted by molar-refractivity contribution is 0.249. The van der Waals surface area contributed by atoms with Crippen molar-refractivity contribution in [2.75, 3.05) is 14.1 Å². The molecule has 2 nitrogen and oxygen atoms in total. The van der Waals surface area contributed by atoms with Gasteiger partial charge >= 0.3 is 0 Å². The van der Waals surface area contributed by atoms with Crippen molar-refractivity contribution in [3.05, 3.63) is 35.6 Å². The SMILES string of the molecule is CC(Cc1ccc(F)cc1)NN(C)C. The maximum atomic E-state index is 12.6. The number of nitrogens with zero attached hydrogens (tertiary/aromatic N) is 1. The van der Waals surface area contributed by atoms with Gasteiger partial charge in [0.15, 0.2) is 0 Å². The van der Waals surface area contributed by atoms with Crippen LogP contribution >= 0.6 is 0 Å². The van der Waals surface area contributed by atoms with Gasteiger partial charge in [0.1, 0.15) is 5.82 Å². The molecule has 14 heavy (non-hydrogen) atoms. The van der Waals surface area contributed by atoms with Crippen LogP contribution in [0.5, 0.6) is 0 Å². The van der Waals surface area contributed by atoms with Crippen LogP contribution in [-0.4, -0.2) is 25.1 Å². The summed E-state index contributed by atoms with van der Waals surface area (Å²) in [5.74, 6) is -0.179. The zero-order valence-electron chi connectivity index (χ0n) is 8.92. The van der Waals surface area contributed by atoms with Gasteiger partial charge in [-0.15, -0.1) is 0 Å². The third-order valence-corrected chi connectivity index (χ3v) is 1.93. The Morgan fingerprint density at radius 1 is 1.29 bits per heavy atom. The average molecular weight is 196 g/mol. The quantitative estimate of drug-likeness (QED) is 0.739. The molecule has 0 saturated heterocycles. The maximum absolute atomic E-state index is 12.6. The monoisotopic (exact) mass is 196 g/mol. The number of benzene rings is 1. The third kappa shape index (κ3) is 3.85. The summed E-state index contributed by atoms with van der Waals surface area (Å²) in [7, 11) is 3.92. The van der Waals surface area contributed by atoms with Gasteiger partial charge in [-0.1, -0.05) is 12.1 Å². The summed E-state index contributed by atoms with van der Waals surface area (Å²) in [4.78, 5) is 0. The van der Waals surface area contributed by atoms with Crippen LogP contribution in [0.4, 0.5) is 4.39 Å². The van der Waals surface area contributed by atoms with E-state index >= 15 is 0 Å². The highest BCUT2D eigenvalue weighted by Crippen LogP contribution is 2.05. The van der Waals surface area contributed by atoms with Gasteiger partial charge in [-0.2, -0.15) is 0 Å². The molecule has 1 rings (SSSR count). The molecule has 1 atom stereocenters. The molecule has 0 aliphatic rings. The summed E-state index contributed by atoms with van der Waals surface area (Å²) in [5, 5.41) is 1.92. The van der Waals surface area contributed by atoms with Gasteiger partial charge < -0.3 is 0 Å². The molecule has 0 radical (unpaired) electrons. The van der Waals surface area contributed by atoms with Crippen molar-refractivity contribution in [2.24, 2.45) is 0 Å². The summed E-state index contributed by atoms with van der Waals surface area (Å²) in [6.07, 6.45) is 0.901. The van der Waals surface area contributed by atoms with Gasteiger partial charge in [-0.3, -0.25) is 10.4 Å². The van der Waals surface area contributed by atoms with E-state index < -0.39 is 0 Å². The lowest BCUT2D eigenvalue weighted by atomic mass is 10.1. The number of hydrazine groups is 1. The first-order valence-corrected chi connectivity index (χ1v) is 4.76. The molecule has 1 aromatic rings. The summed E-state index contributed by atoms with van der Waals surface area (Å²) in [5.41, 5.74) is 4.39. The van der Waals surface area contributed by atoms with E-state index in [-0.39, 0.29) is 5.82 Å². The molecule has 0 amide bonds. The Kier molecular flexibility index (Phi) is 4.04. The molecule has 0 bridgehead atoms. The van der Waals surface area contributed by atoms with Gasteiger partial charge in [0.05, 0.1) is 0 Å². The molecule has 0 aliphatic heterocycles. The van der Waals surface area contributed by atoms with E-state index in [1.54, 1.807) is 0 Å². The molecule has 0 aromatic heterocycles. The van der Waals surface area contributed by atoms with E-state index in [0.717, 1.165) is 12.0 Å². The zero-order chi connectivity index (χ0) is 10.6. The van der Waals surface area contributed by atoms with Crippen LogP contribution in [0.15, 0.2) is 24.3 Å². The topological polar surface area (TPSA) is 15.3 Å². The molecule has 3 heteroatoms. The first-order chi connectivity index (χ1) is 6.58. The van der Waals surface area contributed by atoms with Crippen molar-refractivity contribution >= 4 is 0 Å². The van der Waals surface area contributed by atoms with Gasteiger partial charge in [-0.05, 0) is 31.0 Å². The highest BCUT2D eigenvalue weighted by molar-refractivity contribution is 5.16. The van der Waals surface area contributed by atoms with Crippen LogP contribution < -0.4 is 5.43 Å². The second-order valence-electron chi connectivity index (χ2n) is 3.76. The second kappa shape index (κ2) is 5.08. The Labute approximate surface area is 84.7 Å². The highest BCUT2D eigenvalue weighted by Gasteiger charge is 2.03. The van der Waals surface area contributed by atoms with Crippen molar-refractivity contribution < 1.29 is 4.39 Å². The van der Waals surface area contributed by atoms with Gasteiger partial charge in [0.2, 0.25) is 0 Å². The summed E-state index contributed by atoms with van der Waals surface area (Å²) < 4.78 is 12.6. The molecular weight excluding hydrogens is 179 g/mol. The van der Waals surface area contributed by atoms with E-state index in [1.165, 1.54) is 12.1 Å². The van der Waals surface area contributed by atoms with Crippen LogP contribution in [0.3, 0.4) is 0 Å². The Morgan fingerprint density at radius 3 is 2.36 bits per heavy atom. The fourth-order valence-electron chi connectivity index (χ4n) is 1.46. The smallest absolute Gasteiger partial charge is 0.123 e. The summed E-state index contributed by atoms with van der Waals surface area (Å²) in [6.45, 7) is 2.10. The van der Waals surface area contributed by atoms with Crippen LogP contribution in [0.2, 0.25) is 0 Å². The van der Waals surface area contributed by atoms with Crippen LogP contribution in [0, 0.1) is 5.82 Å². The van der Waals surface area contributed by atoms with Crippen LogP contribution in [0.1, 0.15) is 12.5 Å². The molecular formula is C11H17FN2. The molecule has 1 N–H and O–H groups in total. The lowest BCUT2D eigenvalue weighted by Gasteiger charge is -2.19. The second-order valence-corrected chi connectivity index (χ2v) is 3.76. The molecule has 1 aromatic carbocycles. The first-order valence-electron chi connectivity index (χ1n) is 4.76. The Balaban J connectivity index is 2.47. The zero-order valence-corrected chi connectivity index (χ0v) is 8.92.